The average molecular weight is 333 g/mol. The van der Waals surface area contributed by atoms with E-state index in [9.17, 15) is 9.59 Å². The van der Waals surface area contributed by atoms with Crippen LogP contribution in [0.5, 0.6) is 0 Å². The van der Waals surface area contributed by atoms with Crippen molar-refractivity contribution in [1.82, 2.24) is 0 Å². The Balaban J connectivity index is 2.06. The van der Waals surface area contributed by atoms with Crippen LogP contribution in [0.2, 0.25) is 0 Å². The molecule has 0 saturated heterocycles. The molecule has 0 radical (unpaired) electrons. The number of nitrogens with zero attached hydrogens (tertiary/aromatic N) is 1. The number of aldehydes is 1. The van der Waals surface area contributed by atoms with Crippen molar-refractivity contribution in [3.05, 3.63) is 76.0 Å². The van der Waals surface area contributed by atoms with E-state index in [0.29, 0.717) is 16.7 Å². The minimum atomic E-state index is -0.141. The van der Waals surface area contributed by atoms with Gasteiger partial charge in [0.05, 0.1) is 0 Å². The number of rotatable bonds is 2. The molecule has 0 bridgehead atoms. The van der Waals surface area contributed by atoms with Gasteiger partial charge in [0.25, 0.3) is 0 Å². The third kappa shape index (κ3) is 2.60. The molecule has 1 aliphatic heterocycles. The van der Waals surface area contributed by atoms with E-state index in [1.54, 1.807) is 13.0 Å². The number of carbonyl (C=O) groups is 2. The summed E-state index contributed by atoms with van der Waals surface area (Å²) in [5.41, 5.74) is 5.96. The summed E-state index contributed by atoms with van der Waals surface area (Å²) >= 11 is 0. The molecule has 0 unspecified atom stereocenters. The first-order valence-electron chi connectivity index (χ1n) is 8.44. The fourth-order valence-electron chi connectivity index (χ4n) is 3.66. The van der Waals surface area contributed by atoms with Gasteiger partial charge in [0.2, 0.25) is 0 Å². The predicted octanol–water partition coefficient (Wildman–Crippen LogP) is 4.27. The van der Waals surface area contributed by atoms with Crippen molar-refractivity contribution in [2.75, 3.05) is 11.9 Å². The van der Waals surface area contributed by atoms with Crippen LogP contribution in [0.1, 0.15) is 33.3 Å². The Kier molecular flexibility index (Phi) is 4.11. The summed E-state index contributed by atoms with van der Waals surface area (Å²) in [6.45, 7) is 7.96. The third-order valence-corrected chi connectivity index (χ3v) is 5.40. The Bertz CT molecular complexity index is 894. The van der Waals surface area contributed by atoms with E-state index >= 15 is 0 Å². The van der Waals surface area contributed by atoms with Crippen LogP contribution in [0.15, 0.2) is 70.5 Å². The highest BCUT2D eigenvalue weighted by molar-refractivity contribution is 6.14. The molecule has 1 aromatic rings. The molecule has 25 heavy (non-hydrogen) atoms. The number of benzene rings is 1. The van der Waals surface area contributed by atoms with Crippen LogP contribution < -0.4 is 4.90 Å². The third-order valence-electron chi connectivity index (χ3n) is 5.40. The van der Waals surface area contributed by atoms with Crippen molar-refractivity contribution in [2.45, 2.75) is 33.1 Å². The van der Waals surface area contributed by atoms with E-state index in [4.69, 9.17) is 0 Å². The van der Waals surface area contributed by atoms with E-state index in [2.05, 4.69) is 36.9 Å². The van der Waals surface area contributed by atoms with Crippen molar-refractivity contribution in [2.24, 2.45) is 0 Å². The lowest BCUT2D eigenvalue weighted by Gasteiger charge is -2.24. The van der Waals surface area contributed by atoms with Gasteiger partial charge in [0.1, 0.15) is 6.29 Å². The predicted molar refractivity (Wildman–Crippen MR) is 102 cm³/mol. The highest BCUT2D eigenvalue weighted by Gasteiger charge is 2.37. The molecule has 3 nitrogen and oxygen atoms in total. The molecule has 1 heterocycles. The second-order valence-corrected chi connectivity index (χ2v) is 7.17. The highest BCUT2D eigenvalue weighted by Crippen LogP contribution is 2.46. The maximum absolute atomic E-state index is 12.5. The van der Waals surface area contributed by atoms with Gasteiger partial charge in [-0.1, -0.05) is 32.0 Å². The van der Waals surface area contributed by atoms with Gasteiger partial charge in [-0.3, -0.25) is 9.59 Å². The number of likely N-dealkylation sites (N-methyl/N-ethyl adjacent to an activating group) is 1. The number of ketones is 1. The summed E-state index contributed by atoms with van der Waals surface area (Å²) < 4.78 is 0. The molecule has 3 heteroatoms. The van der Waals surface area contributed by atoms with Gasteiger partial charge < -0.3 is 4.90 Å². The maximum Gasteiger partial charge on any atom is 0.189 e. The maximum atomic E-state index is 12.5. The van der Waals surface area contributed by atoms with Gasteiger partial charge in [-0.2, -0.15) is 0 Å². The lowest BCUT2D eigenvalue weighted by molar-refractivity contribution is -0.112. The van der Waals surface area contributed by atoms with Crippen LogP contribution in [-0.4, -0.2) is 19.1 Å². The highest BCUT2D eigenvalue weighted by atomic mass is 16.1. The van der Waals surface area contributed by atoms with Crippen LogP contribution in [0.3, 0.4) is 0 Å². The summed E-state index contributed by atoms with van der Waals surface area (Å²) in [5.74, 6) is -0.0177. The largest absolute Gasteiger partial charge is 0.347 e. The topological polar surface area (TPSA) is 37.4 Å². The van der Waals surface area contributed by atoms with Crippen LogP contribution in [0, 0.1) is 0 Å². The van der Waals surface area contributed by atoms with E-state index in [1.807, 2.05) is 32.2 Å². The number of carbonyl (C=O) groups excluding carboxylic acids is 2. The minimum Gasteiger partial charge on any atom is -0.347 e. The van der Waals surface area contributed by atoms with E-state index in [0.717, 1.165) is 17.6 Å². The first-order chi connectivity index (χ1) is 11.8. The fraction of sp³-hybridized carbons (Fsp3) is 0.273. The second kappa shape index (κ2) is 5.99. The van der Waals surface area contributed by atoms with Gasteiger partial charge in [0.15, 0.2) is 5.78 Å². The number of para-hydroxylation sites is 1. The molecule has 128 valence electrons. The van der Waals surface area contributed by atoms with Crippen LogP contribution in [0.25, 0.3) is 0 Å². The zero-order valence-electron chi connectivity index (χ0n) is 15.4. The lowest BCUT2D eigenvalue weighted by Crippen LogP contribution is -2.22. The molecule has 3 rings (SSSR count). The molecule has 0 amide bonds. The average Bonchev–Trinajstić information content (AvgIpc) is 2.79. The summed E-state index contributed by atoms with van der Waals surface area (Å²) in [6.07, 6.45) is 6.33. The van der Waals surface area contributed by atoms with Gasteiger partial charge in [-0.25, -0.2) is 0 Å². The summed E-state index contributed by atoms with van der Waals surface area (Å²) in [4.78, 5) is 26.0. The Hall–Kier alpha value is -2.68. The second-order valence-electron chi connectivity index (χ2n) is 7.17. The van der Waals surface area contributed by atoms with Gasteiger partial charge in [0, 0.05) is 40.6 Å². The number of Topliss-reactive ketones (excluding diaryl/α,β-unsaturated/α-hetero) is 1. The Labute approximate surface area is 149 Å². The van der Waals surface area contributed by atoms with E-state index < -0.39 is 0 Å². The lowest BCUT2D eigenvalue weighted by atomic mass is 9.83. The van der Waals surface area contributed by atoms with Crippen LogP contribution >= 0.6 is 0 Å². The van der Waals surface area contributed by atoms with Crippen LogP contribution in [0.4, 0.5) is 5.69 Å². The van der Waals surface area contributed by atoms with Crippen molar-refractivity contribution < 1.29 is 9.59 Å². The van der Waals surface area contributed by atoms with Crippen molar-refractivity contribution in [3.8, 4) is 0 Å². The smallest absolute Gasteiger partial charge is 0.189 e. The number of hydrogen-bond donors (Lipinski definition) is 0. The number of hydrogen-bond acceptors (Lipinski definition) is 3. The van der Waals surface area contributed by atoms with E-state index in [1.165, 1.54) is 11.3 Å². The SMILES string of the molecule is CC1=C(C)C(C=O)=CC(=CC=C2N(C)c3ccccc3C2(C)C)C1=O. The minimum absolute atomic E-state index is 0.0177. The first-order valence-corrected chi connectivity index (χ1v) is 8.44. The fourth-order valence-corrected chi connectivity index (χ4v) is 3.66. The number of allylic oxidation sites excluding steroid dienone is 8. The molecular weight excluding hydrogens is 310 g/mol. The van der Waals surface area contributed by atoms with Crippen molar-refractivity contribution in [3.63, 3.8) is 0 Å². The van der Waals surface area contributed by atoms with Crippen LogP contribution in [-0.2, 0) is 15.0 Å². The van der Waals surface area contributed by atoms with Gasteiger partial charge in [-0.15, -0.1) is 0 Å². The molecule has 0 atom stereocenters. The zero-order valence-corrected chi connectivity index (χ0v) is 15.4. The van der Waals surface area contributed by atoms with Crippen molar-refractivity contribution >= 4 is 17.8 Å². The normalized spacial score (nSPS) is 22.5. The Morgan fingerprint density at radius 2 is 1.72 bits per heavy atom. The van der Waals surface area contributed by atoms with Gasteiger partial charge in [-0.05, 0) is 49.3 Å². The Morgan fingerprint density at radius 1 is 1.04 bits per heavy atom. The molecule has 0 aromatic heterocycles. The molecular formula is C22H23NO2. The molecule has 0 fully saturated rings. The monoisotopic (exact) mass is 333 g/mol. The molecule has 0 spiro atoms. The number of fused-ring (bicyclic) bond motifs is 1. The molecule has 2 aliphatic rings. The standard InChI is InChI=1S/C22H23NO2/c1-14-15(2)21(25)16(12-17(14)13-24)10-11-20-22(3,4)18-8-6-7-9-19(18)23(20)5/h6-13H,1-5H3. The quantitative estimate of drug-likeness (QED) is 0.599. The molecule has 0 saturated carbocycles. The molecule has 1 aromatic carbocycles. The first kappa shape index (κ1) is 17.2. The molecule has 0 N–H and O–H groups in total. The zero-order chi connectivity index (χ0) is 18.4. The summed E-state index contributed by atoms with van der Waals surface area (Å²) in [7, 11) is 2.04. The van der Waals surface area contributed by atoms with E-state index in [-0.39, 0.29) is 11.2 Å². The molecule has 1 aliphatic carbocycles. The van der Waals surface area contributed by atoms with Crippen molar-refractivity contribution in [1.29, 1.82) is 0 Å². The van der Waals surface area contributed by atoms with Gasteiger partial charge >= 0.3 is 0 Å². The summed E-state index contributed by atoms with van der Waals surface area (Å²) in [6, 6.07) is 8.34. The number of anilines is 1. The summed E-state index contributed by atoms with van der Waals surface area (Å²) in [5, 5.41) is 0. The Morgan fingerprint density at radius 3 is 2.36 bits per heavy atom.